The van der Waals surface area contributed by atoms with Crippen molar-refractivity contribution in [1.82, 2.24) is 15.1 Å². The summed E-state index contributed by atoms with van der Waals surface area (Å²) >= 11 is 1.41. The molecule has 0 aliphatic carbocycles. The summed E-state index contributed by atoms with van der Waals surface area (Å²) in [5.41, 5.74) is 1.47. The van der Waals surface area contributed by atoms with E-state index in [0.29, 0.717) is 67.6 Å². The maximum Gasteiger partial charge on any atom is 0.263 e. The largest absolute Gasteiger partial charge is 0.368 e. The molecule has 210 valence electrons. The van der Waals surface area contributed by atoms with Crippen LogP contribution in [0.4, 0.5) is 20.2 Å². The number of nitrogens with zero attached hydrogens (tertiary/aromatic N) is 3. The molecule has 2 N–H and O–H groups in total. The molecular weight excluding hydrogens is 536 g/mol. The van der Waals surface area contributed by atoms with Crippen molar-refractivity contribution in [3.8, 4) is 0 Å². The van der Waals surface area contributed by atoms with Crippen molar-refractivity contribution in [3.63, 3.8) is 0 Å². The van der Waals surface area contributed by atoms with Gasteiger partial charge in [-0.15, -0.1) is 11.3 Å². The van der Waals surface area contributed by atoms with E-state index in [9.17, 15) is 23.2 Å². The number of carbonyl (C=O) groups is 3. The quantitative estimate of drug-likeness (QED) is 0.486. The van der Waals surface area contributed by atoms with Gasteiger partial charge in [0.2, 0.25) is 0 Å². The Kier molecular flexibility index (Phi) is 8.71. The van der Waals surface area contributed by atoms with E-state index in [1.807, 2.05) is 22.4 Å². The van der Waals surface area contributed by atoms with Crippen LogP contribution in [0.5, 0.6) is 0 Å². The number of hydrogen-bond donors (Lipinski definition) is 2. The monoisotopic (exact) mass is 567 g/mol. The number of nitrogens with one attached hydrogen (secondary N) is 2. The topological polar surface area (TPSA) is 85.0 Å². The second kappa shape index (κ2) is 12.6. The number of rotatable bonds is 5. The summed E-state index contributed by atoms with van der Waals surface area (Å²) in [4.78, 5) is 45.8. The van der Waals surface area contributed by atoms with Crippen LogP contribution in [0.3, 0.4) is 0 Å². The molecule has 0 spiro atoms. The number of benzene rings is 2. The molecule has 40 heavy (non-hydrogen) atoms. The fourth-order valence-corrected chi connectivity index (χ4v) is 5.72. The summed E-state index contributed by atoms with van der Waals surface area (Å²) in [6.07, 6.45) is 1.56. The predicted molar refractivity (Wildman–Crippen MR) is 151 cm³/mol. The average Bonchev–Trinajstić information content (AvgIpc) is 3.21. The first-order valence-electron chi connectivity index (χ1n) is 13.4. The van der Waals surface area contributed by atoms with E-state index < -0.39 is 17.5 Å². The number of amides is 3. The van der Waals surface area contributed by atoms with Crippen molar-refractivity contribution < 1.29 is 23.2 Å². The number of carbonyl (C=O) groups excluding carboxylic acids is 3. The Labute approximate surface area is 235 Å². The van der Waals surface area contributed by atoms with Crippen LogP contribution in [-0.4, -0.2) is 79.9 Å². The second-order valence-electron chi connectivity index (χ2n) is 9.82. The van der Waals surface area contributed by atoms with E-state index in [0.717, 1.165) is 31.5 Å². The molecule has 0 saturated carbocycles. The maximum absolute atomic E-state index is 13.9. The van der Waals surface area contributed by atoms with Crippen molar-refractivity contribution in [1.29, 1.82) is 0 Å². The Morgan fingerprint density at radius 1 is 0.775 bits per heavy atom. The molecule has 3 heterocycles. The van der Waals surface area contributed by atoms with E-state index in [1.165, 1.54) is 17.4 Å². The highest BCUT2D eigenvalue weighted by Gasteiger charge is 2.25. The minimum atomic E-state index is -1.12. The highest BCUT2D eigenvalue weighted by Crippen LogP contribution is 2.30. The molecule has 3 aromatic rings. The Balaban J connectivity index is 1.41. The molecular formula is C29H31F2N5O3S. The van der Waals surface area contributed by atoms with Crippen LogP contribution in [0.25, 0.3) is 0 Å². The van der Waals surface area contributed by atoms with Crippen LogP contribution < -0.4 is 15.5 Å². The van der Waals surface area contributed by atoms with Crippen molar-refractivity contribution in [2.24, 2.45) is 0 Å². The molecule has 5 rings (SSSR count). The lowest BCUT2D eigenvalue weighted by Gasteiger charge is -2.27. The van der Waals surface area contributed by atoms with Crippen LogP contribution in [-0.2, 0) is 0 Å². The van der Waals surface area contributed by atoms with Gasteiger partial charge >= 0.3 is 0 Å². The lowest BCUT2D eigenvalue weighted by Crippen LogP contribution is -2.35. The maximum atomic E-state index is 13.9. The van der Waals surface area contributed by atoms with E-state index in [4.69, 9.17) is 0 Å². The highest BCUT2D eigenvalue weighted by atomic mass is 32.1. The lowest BCUT2D eigenvalue weighted by molar-refractivity contribution is 0.0761. The molecule has 11 heteroatoms. The summed E-state index contributed by atoms with van der Waals surface area (Å²) in [7, 11) is 0. The van der Waals surface area contributed by atoms with Crippen molar-refractivity contribution in [3.05, 3.63) is 81.5 Å². The summed E-state index contributed by atoms with van der Waals surface area (Å²) in [5, 5.41) is 7.99. The summed E-state index contributed by atoms with van der Waals surface area (Å²) < 4.78 is 27.3. The molecule has 2 aliphatic heterocycles. The van der Waals surface area contributed by atoms with Crippen molar-refractivity contribution >= 4 is 40.4 Å². The molecule has 2 fully saturated rings. The Hall–Kier alpha value is -3.83. The highest BCUT2D eigenvalue weighted by molar-refractivity contribution is 7.12. The van der Waals surface area contributed by atoms with Crippen molar-refractivity contribution in [2.45, 2.75) is 12.8 Å². The number of halogens is 2. The molecule has 2 aliphatic rings. The van der Waals surface area contributed by atoms with Gasteiger partial charge in [0.25, 0.3) is 17.7 Å². The Morgan fingerprint density at radius 3 is 2.38 bits per heavy atom. The normalized spacial score (nSPS) is 16.3. The second-order valence-corrected chi connectivity index (χ2v) is 10.8. The van der Waals surface area contributed by atoms with Gasteiger partial charge in [-0.25, -0.2) is 8.78 Å². The molecule has 0 atom stereocenters. The molecule has 2 saturated heterocycles. The molecule has 2 aromatic carbocycles. The SMILES string of the molecule is O=C(Nc1cc(C(=O)N2CCCNCC2)ccc1N1CCCN(C(=O)c2cccs2)CC1)c1ccc(F)c(F)c1. The van der Waals surface area contributed by atoms with Gasteiger partial charge in [0, 0.05) is 56.9 Å². The molecule has 0 radical (unpaired) electrons. The Bertz CT molecular complexity index is 1380. The summed E-state index contributed by atoms with van der Waals surface area (Å²) in [5.74, 6) is -2.91. The van der Waals surface area contributed by atoms with Crippen molar-refractivity contribution in [2.75, 3.05) is 62.6 Å². The van der Waals surface area contributed by atoms with Crippen LogP contribution in [0.1, 0.15) is 43.2 Å². The van der Waals surface area contributed by atoms with Crippen LogP contribution in [0.2, 0.25) is 0 Å². The van der Waals surface area contributed by atoms with Gasteiger partial charge in [0.15, 0.2) is 11.6 Å². The average molecular weight is 568 g/mol. The first-order valence-corrected chi connectivity index (χ1v) is 14.3. The van der Waals surface area contributed by atoms with Gasteiger partial charge < -0.3 is 25.3 Å². The third kappa shape index (κ3) is 6.31. The Morgan fingerprint density at radius 2 is 1.57 bits per heavy atom. The van der Waals surface area contributed by atoms with E-state index in [-0.39, 0.29) is 17.4 Å². The molecule has 8 nitrogen and oxygen atoms in total. The van der Waals surface area contributed by atoms with Crippen LogP contribution >= 0.6 is 11.3 Å². The number of hydrogen-bond acceptors (Lipinski definition) is 6. The summed E-state index contributed by atoms with van der Waals surface area (Å²) in [6, 6.07) is 11.9. The smallest absolute Gasteiger partial charge is 0.263 e. The third-order valence-electron chi connectivity index (χ3n) is 7.16. The third-order valence-corrected chi connectivity index (χ3v) is 8.01. The van der Waals surface area contributed by atoms with Crippen LogP contribution in [0, 0.1) is 11.6 Å². The fraction of sp³-hybridized carbons (Fsp3) is 0.345. The summed E-state index contributed by atoms with van der Waals surface area (Å²) in [6.45, 7) is 5.01. The molecule has 0 bridgehead atoms. The van der Waals surface area contributed by atoms with E-state index in [1.54, 1.807) is 23.1 Å². The minimum Gasteiger partial charge on any atom is -0.368 e. The zero-order valence-electron chi connectivity index (χ0n) is 22.0. The minimum absolute atomic E-state index is 0.00315. The standard InChI is InChI=1S/C29H31F2N5O3S/c30-22-7-5-20(18-23(22)31)27(37)33-24-19-21(28(38)35-11-2-9-32-10-14-35)6-8-25(24)34-12-3-13-36(16-15-34)29(39)26-4-1-17-40-26/h1,4-8,17-19,32H,2-3,9-16H2,(H,33,37). The number of thiophene rings is 1. The lowest BCUT2D eigenvalue weighted by atomic mass is 10.1. The van der Waals surface area contributed by atoms with Gasteiger partial charge in [-0.3, -0.25) is 14.4 Å². The molecule has 3 amide bonds. The molecule has 0 unspecified atom stereocenters. The first kappa shape index (κ1) is 27.7. The van der Waals surface area contributed by atoms with E-state index >= 15 is 0 Å². The van der Waals surface area contributed by atoms with Crippen LogP contribution in [0.15, 0.2) is 53.9 Å². The van der Waals surface area contributed by atoms with Gasteiger partial charge in [-0.05, 0) is 67.2 Å². The molecule has 1 aromatic heterocycles. The van der Waals surface area contributed by atoms with Gasteiger partial charge in [-0.1, -0.05) is 6.07 Å². The zero-order valence-corrected chi connectivity index (χ0v) is 22.8. The van der Waals surface area contributed by atoms with Gasteiger partial charge in [0.05, 0.1) is 16.3 Å². The fourth-order valence-electron chi connectivity index (χ4n) is 5.03. The predicted octanol–water partition coefficient (Wildman–Crippen LogP) is 4.07. The number of anilines is 2. The van der Waals surface area contributed by atoms with Gasteiger partial charge in [-0.2, -0.15) is 0 Å². The first-order chi connectivity index (χ1) is 19.4. The zero-order chi connectivity index (χ0) is 28.1. The van der Waals surface area contributed by atoms with Gasteiger partial charge in [0.1, 0.15) is 0 Å². The van der Waals surface area contributed by atoms with E-state index in [2.05, 4.69) is 15.5 Å².